The number of piperazine rings is 1. The van der Waals surface area contributed by atoms with Crippen molar-refractivity contribution in [2.45, 2.75) is 38.8 Å². The summed E-state index contributed by atoms with van der Waals surface area (Å²) in [5.74, 6) is -0.432. The van der Waals surface area contributed by atoms with Gasteiger partial charge in [-0.15, -0.1) is 0 Å². The normalized spacial score (nSPS) is 22.9. The molecule has 0 aliphatic carbocycles. The largest absolute Gasteiger partial charge is 0.343 e. The van der Waals surface area contributed by atoms with Gasteiger partial charge in [0.15, 0.2) is 0 Å². The topological polar surface area (TPSA) is 49.4 Å². The molecule has 1 aromatic rings. The van der Waals surface area contributed by atoms with E-state index in [9.17, 15) is 14.0 Å². The Morgan fingerprint density at radius 1 is 1.25 bits per heavy atom. The van der Waals surface area contributed by atoms with E-state index < -0.39 is 12.1 Å². The van der Waals surface area contributed by atoms with Crippen molar-refractivity contribution in [3.63, 3.8) is 0 Å². The van der Waals surface area contributed by atoms with Crippen LogP contribution in [0.5, 0.6) is 0 Å². The fourth-order valence-electron chi connectivity index (χ4n) is 2.37. The Bertz CT molecular complexity index is 501. The van der Waals surface area contributed by atoms with Crippen molar-refractivity contribution >= 4 is 11.8 Å². The van der Waals surface area contributed by atoms with Gasteiger partial charge in [0.25, 0.3) is 0 Å². The highest BCUT2D eigenvalue weighted by atomic mass is 19.1. The lowest BCUT2D eigenvalue weighted by Crippen LogP contribution is -2.62. The van der Waals surface area contributed by atoms with E-state index in [0.717, 1.165) is 5.56 Å². The van der Waals surface area contributed by atoms with Crippen molar-refractivity contribution in [1.82, 2.24) is 10.2 Å². The maximum Gasteiger partial charge on any atom is 0.245 e. The minimum atomic E-state index is -0.453. The predicted octanol–water partition coefficient (Wildman–Crippen LogP) is 1.49. The van der Waals surface area contributed by atoms with Gasteiger partial charge < -0.3 is 10.2 Å². The molecule has 1 aromatic carbocycles. The van der Waals surface area contributed by atoms with E-state index in [1.807, 2.05) is 6.92 Å². The molecule has 2 unspecified atom stereocenters. The highest BCUT2D eigenvalue weighted by Gasteiger charge is 2.36. The summed E-state index contributed by atoms with van der Waals surface area (Å²) in [6.45, 7) is 4.07. The number of carbonyl (C=O) groups is 2. The van der Waals surface area contributed by atoms with E-state index in [0.29, 0.717) is 19.4 Å². The monoisotopic (exact) mass is 278 g/mol. The average Bonchev–Trinajstić information content (AvgIpc) is 2.44. The molecule has 4 nitrogen and oxygen atoms in total. The number of nitrogens with zero attached hydrogens (tertiary/aromatic N) is 1. The smallest absolute Gasteiger partial charge is 0.245 e. The summed E-state index contributed by atoms with van der Waals surface area (Å²) < 4.78 is 12.8. The molecule has 0 bridgehead atoms. The molecule has 1 aliphatic rings. The highest BCUT2D eigenvalue weighted by Crippen LogP contribution is 2.13. The third-order valence-corrected chi connectivity index (χ3v) is 3.71. The Morgan fingerprint density at radius 3 is 2.50 bits per heavy atom. The summed E-state index contributed by atoms with van der Waals surface area (Å²) in [5, 5.41) is 2.72. The van der Waals surface area contributed by atoms with Crippen molar-refractivity contribution in [1.29, 1.82) is 0 Å². The van der Waals surface area contributed by atoms with Crippen LogP contribution < -0.4 is 5.32 Å². The zero-order chi connectivity index (χ0) is 14.7. The van der Waals surface area contributed by atoms with Crippen molar-refractivity contribution in [2.75, 3.05) is 6.54 Å². The molecular formula is C15H19FN2O2. The molecule has 1 N–H and O–H groups in total. The van der Waals surface area contributed by atoms with Crippen molar-refractivity contribution in [3.05, 3.63) is 35.6 Å². The lowest BCUT2D eigenvalue weighted by molar-refractivity contribution is -0.148. The number of carbonyl (C=O) groups excluding carboxylic acids is 2. The second-order valence-electron chi connectivity index (χ2n) is 5.05. The third-order valence-electron chi connectivity index (χ3n) is 3.71. The lowest BCUT2D eigenvalue weighted by Gasteiger charge is -2.37. The van der Waals surface area contributed by atoms with Crippen LogP contribution in [0.2, 0.25) is 0 Å². The number of hydrogen-bond donors (Lipinski definition) is 1. The summed E-state index contributed by atoms with van der Waals surface area (Å²) in [4.78, 5) is 25.7. The SMILES string of the molecule is CCC1NC(=O)C(C)N(CCc2ccc(F)cc2)C1=O. The maximum absolute atomic E-state index is 12.8. The Labute approximate surface area is 118 Å². The first-order valence-corrected chi connectivity index (χ1v) is 6.88. The van der Waals surface area contributed by atoms with Crippen LogP contribution in [0.25, 0.3) is 0 Å². The van der Waals surface area contributed by atoms with Gasteiger partial charge in [0, 0.05) is 6.54 Å². The standard InChI is InChI=1S/C15H19FN2O2/c1-3-13-15(20)18(10(2)14(19)17-13)9-8-11-4-6-12(16)7-5-11/h4-7,10,13H,3,8-9H2,1-2H3,(H,17,19). The fourth-order valence-corrected chi connectivity index (χ4v) is 2.37. The Morgan fingerprint density at radius 2 is 1.90 bits per heavy atom. The minimum absolute atomic E-state index is 0.0401. The molecule has 0 spiro atoms. The van der Waals surface area contributed by atoms with E-state index in [-0.39, 0.29) is 17.6 Å². The van der Waals surface area contributed by atoms with Gasteiger partial charge in [0.05, 0.1) is 0 Å². The van der Waals surface area contributed by atoms with Gasteiger partial charge in [-0.2, -0.15) is 0 Å². The Balaban J connectivity index is 2.04. The van der Waals surface area contributed by atoms with Crippen molar-refractivity contribution in [2.24, 2.45) is 0 Å². The lowest BCUT2D eigenvalue weighted by atomic mass is 10.0. The molecule has 1 fully saturated rings. The molecule has 108 valence electrons. The molecule has 2 rings (SSSR count). The average molecular weight is 278 g/mol. The van der Waals surface area contributed by atoms with Crippen molar-refractivity contribution in [3.8, 4) is 0 Å². The number of amides is 2. The fraction of sp³-hybridized carbons (Fsp3) is 0.467. The first-order valence-electron chi connectivity index (χ1n) is 6.88. The zero-order valence-electron chi connectivity index (χ0n) is 11.7. The zero-order valence-corrected chi connectivity index (χ0v) is 11.7. The van der Waals surface area contributed by atoms with E-state index in [2.05, 4.69) is 5.32 Å². The van der Waals surface area contributed by atoms with Crippen LogP contribution in [0, 0.1) is 5.82 Å². The van der Waals surface area contributed by atoms with Crippen LogP contribution in [0.1, 0.15) is 25.8 Å². The Hall–Kier alpha value is -1.91. The third kappa shape index (κ3) is 2.98. The van der Waals surface area contributed by atoms with Crippen LogP contribution in [0.4, 0.5) is 4.39 Å². The number of rotatable bonds is 4. The molecular weight excluding hydrogens is 259 g/mol. The molecule has 2 atom stereocenters. The van der Waals surface area contributed by atoms with Gasteiger partial charge in [0.1, 0.15) is 17.9 Å². The molecule has 1 aliphatic heterocycles. The van der Waals surface area contributed by atoms with E-state index in [4.69, 9.17) is 0 Å². The van der Waals surface area contributed by atoms with Gasteiger partial charge in [-0.25, -0.2) is 4.39 Å². The summed E-state index contributed by atoms with van der Waals surface area (Å²) >= 11 is 0. The molecule has 0 aromatic heterocycles. The second-order valence-corrected chi connectivity index (χ2v) is 5.05. The van der Waals surface area contributed by atoms with Gasteiger partial charge in [-0.1, -0.05) is 19.1 Å². The minimum Gasteiger partial charge on any atom is -0.343 e. The van der Waals surface area contributed by atoms with Crippen LogP contribution in [0.15, 0.2) is 24.3 Å². The highest BCUT2D eigenvalue weighted by molar-refractivity contribution is 5.96. The maximum atomic E-state index is 12.8. The number of benzene rings is 1. The summed E-state index contributed by atoms with van der Waals surface area (Å²) in [6.07, 6.45) is 1.20. The second kappa shape index (κ2) is 6.03. The van der Waals surface area contributed by atoms with Gasteiger partial charge in [-0.05, 0) is 37.5 Å². The van der Waals surface area contributed by atoms with Crippen LogP contribution in [-0.4, -0.2) is 35.3 Å². The molecule has 5 heteroatoms. The van der Waals surface area contributed by atoms with Gasteiger partial charge in [-0.3, -0.25) is 9.59 Å². The summed E-state index contributed by atoms with van der Waals surface area (Å²) in [5.41, 5.74) is 0.949. The predicted molar refractivity (Wildman–Crippen MR) is 73.5 cm³/mol. The van der Waals surface area contributed by atoms with Crippen LogP contribution in [0.3, 0.4) is 0 Å². The number of halogens is 1. The first kappa shape index (κ1) is 14.5. The van der Waals surface area contributed by atoms with Crippen LogP contribution >= 0.6 is 0 Å². The molecule has 20 heavy (non-hydrogen) atoms. The summed E-state index contributed by atoms with van der Waals surface area (Å²) in [7, 11) is 0. The molecule has 1 saturated heterocycles. The quantitative estimate of drug-likeness (QED) is 0.907. The van der Waals surface area contributed by atoms with Crippen molar-refractivity contribution < 1.29 is 14.0 Å². The summed E-state index contributed by atoms with van der Waals surface area (Å²) in [6, 6.07) is 5.33. The molecule has 0 radical (unpaired) electrons. The number of nitrogens with one attached hydrogen (secondary N) is 1. The van der Waals surface area contributed by atoms with E-state index >= 15 is 0 Å². The number of hydrogen-bond acceptors (Lipinski definition) is 2. The molecule has 0 saturated carbocycles. The van der Waals surface area contributed by atoms with Crippen LogP contribution in [-0.2, 0) is 16.0 Å². The van der Waals surface area contributed by atoms with Gasteiger partial charge >= 0.3 is 0 Å². The van der Waals surface area contributed by atoms with E-state index in [1.54, 1.807) is 24.0 Å². The van der Waals surface area contributed by atoms with E-state index in [1.165, 1.54) is 12.1 Å². The molecule has 1 heterocycles. The first-order chi connectivity index (χ1) is 9.52. The van der Waals surface area contributed by atoms with Gasteiger partial charge in [0.2, 0.25) is 11.8 Å². The molecule has 2 amide bonds. The Kier molecular flexibility index (Phi) is 4.37.